The highest BCUT2D eigenvalue weighted by Crippen LogP contribution is 2.31. The summed E-state index contributed by atoms with van der Waals surface area (Å²) < 4.78 is 39.9. The standard InChI is InChI=1S/C39H40ClN5O6S/c1-26-23-35(32-25-29(40)11-17-33(32)42-26)41-19-22-44(52(48,49)31-14-12-30(50-2)13-15-31)21-18-38(46)43-34-16-10-28(24-37(34)51-3)39(47)45-20-6-8-27-7-4-5-9-36(27)45/h4-5,7,9-17,23-25H,6,8,18-22H2,1-3H3,(H,41,42)(H,43,46). The van der Waals surface area contributed by atoms with Gasteiger partial charge in [0.25, 0.3) is 5.91 Å². The van der Waals surface area contributed by atoms with Crippen molar-refractivity contribution in [3.05, 3.63) is 113 Å². The highest BCUT2D eigenvalue weighted by atomic mass is 35.5. The molecule has 270 valence electrons. The second kappa shape index (κ2) is 16.0. The fourth-order valence-electron chi connectivity index (χ4n) is 6.31. The third kappa shape index (κ3) is 8.14. The molecule has 52 heavy (non-hydrogen) atoms. The number of carbonyl (C=O) groups excluding carboxylic acids is 2. The number of para-hydroxylation sites is 1. The van der Waals surface area contributed by atoms with Gasteiger partial charge >= 0.3 is 0 Å². The highest BCUT2D eigenvalue weighted by molar-refractivity contribution is 7.89. The summed E-state index contributed by atoms with van der Waals surface area (Å²) in [7, 11) is -1.04. The average Bonchev–Trinajstić information content (AvgIpc) is 3.15. The Morgan fingerprint density at radius 3 is 2.48 bits per heavy atom. The molecule has 13 heteroatoms. The summed E-state index contributed by atoms with van der Waals surface area (Å²) in [6.07, 6.45) is 1.64. The Kier molecular flexibility index (Phi) is 11.3. The summed E-state index contributed by atoms with van der Waals surface area (Å²) >= 11 is 6.27. The van der Waals surface area contributed by atoms with Crippen LogP contribution in [0.25, 0.3) is 10.9 Å². The molecule has 4 aromatic carbocycles. The van der Waals surface area contributed by atoms with Gasteiger partial charge in [0.15, 0.2) is 0 Å². The molecule has 0 fully saturated rings. The van der Waals surface area contributed by atoms with E-state index in [1.165, 1.54) is 30.7 Å². The van der Waals surface area contributed by atoms with Crippen LogP contribution in [-0.2, 0) is 21.2 Å². The van der Waals surface area contributed by atoms with Gasteiger partial charge < -0.3 is 25.0 Å². The number of aromatic nitrogens is 1. The third-order valence-electron chi connectivity index (χ3n) is 8.94. The summed E-state index contributed by atoms with van der Waals surface area (Å²) in [5.41, 5.74) is 5.14. The van der Waals surface area contributed by atoms with E-state index in [1.807, 2.05) is 49.4 Å². The second-order valence-corrected chi connectivity index (χ2v) is 14.8. The molecule has 2 N–H and O–H groups in total. The SMILES string of the molecule is COc1ccc(S(=O)(=O)N(CCNc2cc(C)nc3ccc(Cl)cc23)CCC(=O)Nc2ccc(C(=O)N3CCCc4ccccc43)cc2OC)cc1. The molecule has 0 saturated carbocycles. The summed E-state index contributed by atoms with van der Waals surface area (Å²) in [6.45, 7) is 2.69. The quantitative estimate of drug-likeness (QED) is 0.133. The number of hydrogen-bond donors (Lipinski definition) is 2. The zero-order chi connectivity index (χ0) is 36.8. The van der Waals surface area contributed by atoms with Crippen LogP contribution in [0.5, 0.6) is 11.5 Å². The first-order chi connectivity index (χ1) is 25.1. The van der Waals surface area contributed by atoms with Crippen LogP contribution in [0, 0.1) is 6.92 Å². The predicted octanol–water partition coefficient (Wildman–Crippen LogP) is 6.94. The van der Waals surface area contributed by atoms with E-state index in [9.17, 15) is 18.0 Å². The van der Waals surface area contributed by atoms with Crippen LogP contribution in [0.3, 0.4) is 0 Å². The predicted molar refractivity (Wildman–Crippen MR) is 204 cm³/mol. The number of ether oxygens (including phenoxy) is 2. The van der Waals surface area contributed by atoms with Gasteiger partial charge in [-0.2, -0.15) is 4.31 Å². The Labute approximate surface area is 308 Å². The maximum atomic E-state index is 13.9. The van der Waals surface area contributed by atoms with Gasteiger partial charge in [0.2, 0.25) is 15.9 Å². The number of pyridine rings is 1. The van der Waals surface area contributed by atoms with Crippen LogP contribution >= 0.6 is 11.6 Å². The molecule has 1 aromatic heterocycles. The number of halogens is 1. The van der Waals surface area contributed by atoms with Gasteiger partial charge in [0.1, 0.15) is 11.5 Å². The zero-order valence-electron chi connectivity index (χ0n) is 29.2. The number of fused-ring (bicyclic) bond motifs is 2. The van der Waals surface area contributed by atoms with E-state index in [1.54, 1.807) is 41.3 Å². The fourth-order valence-corrected chi connectivity index (χ4v) is 7.92. The van der Waals surface area contributed by atoms with Gasteiger partial charge in [-0.3, -0.25) is 14.6 Å². The Balaban J connectivity index is 1.16. The normalized spacial score (nSPS) is 12.8. The number of benzene rings is 4. The zero-order valence-corrected chi connectivity index (χ0v) is 30.8. The molecule has 0 unspecified atom stereocenters. The van der Waals surface area contributed by atoms with Crippen molar-refractivity contribution in [1.82, 2.24) is 9.29 Å². The number of nitrogens with zero attached hydrogens (tertiary/aromatic N) is 3. The molecule has 2 heterocycles. The van der Waals surface area contributed by atoms with Crippen molar-refractivity contribution in [1.29, 1.82) is 0 Å². The molecule has 0 spiro atoms. The molecule has 1 aliphatic heterocycles. The lowest BCUT2D eigenvalue weighted by atomic mass is 10.0. The first kappa shape index (κ1) is 36.6. The molecule has 0 aliphatic carbocycles. The van der Waals surface area contributed by atoms with Crippen molar-refractivity contribution in [3.63, 3.8) is 0 Å². The minimum Gasteiger partial charge on any atom is -0.497 e. The largest absolute Gasteiger partial charge is 0.497 e. The molecule has 2 amide bonds. The molecule has 11 nitrogen and oxygen atoms in total. The molecule has 6 rings (SSSR count). The Hall–Kier alpha value is -5.17. The van der Waals surface area contributed by atoms with Gasteiger partial charge in [0.05, 0.1) is 30.3 Å². The second-order valence-electron chi connectivity index (χ2n) is 12.4. The molecule has 1 aliphatic rings. The monoisotopic (exact) mass is 741 g/mol. The smallest absolute Gasteiger partial charge is 0.258 e. The number of carbonyl (C=O) groups is 2. The van der Waals surface area contributed by atoms with Gasteiger partial charge in [0, 0.05) is 65.6 Å². The maximum absolute atomic E-state index is 13.9. The molecule has 0 bridgehead atoms. The van der Waals surface area contributed by atoms with Gasteiger partial charge in [-0.05, 0) is 98.1 Å². The minimum absolute atomic E-state index is 0.0603. The Morgan fingerprint density at radius 1 is 0.923 bits per heavy atom. The van der Waals surface area contributed by atoms with Crippen LogP contribution in [0.1, 0.15) is 34.5 Å². The molecule has 0 atom stereocenters. The molecular weight excluding hydrogens is 702 g/mol. The van der Waals surface area contributed by atoms with E-state index in [0.717, 1.165) is 46.4 Å². The lowest BCUT2D eigenvalue weighted by Gasteiger charge is -2.29. The van der Waals surface area contributed by atoms with Crippen molar-refractivity contribution in [2.24, 2.45) is 0 Å². The summed E-state index contributed by atoms with van der Waals surface area (Å²) in [4.78, 5) is 33.3. The topological polar surface area (TPSA) is 130 Å². The fraction of sp³-hybridized carbons (Fsp3) is 0.256. The number of rotatable bonds is 13. The number of hydrogen-bond acceptors (Lipinski definition) is 8. The molecule has 0 saturated heterocycles. The van der Waals surface area contributed by atoms with E-state index in [2.05, 4.69) is 15.6 Å². The van der Waals surface area contributed by atoms with Crippen LogP contribution < -0.4 is 25.0 Å². The third-order valence-corrected chi connectivity index (χ3v) is 11.1. The van der Waals surface area contributed by atoms with Crippen molar-refractivity contribution >= 4 is 61.4 Å². The van der Waals surface area contributed by atoms with E-state index in [4.69, 9.17) is 21.1 Å². The number of nitrogens with one attached hydrogen (secondary N) is 2. The van der Waals surface area contributed by atoms with Gasteiger partial charge in [-0.15, -0.1) is 0 Å². The Bertz CT molecular complexity index is 2210. The van der Waals surface area contributed by atoms with Crippen LogP contribution in [0.2, 0.25) is 5.02 Å². The van der Waals surface area contributed by atoms with Gasteiger partial charge in [-0.25, -0.2) is 8.42 Å². The summed E-state index contributed by atoms with van der Waals surface area (Å²) in [6, 6.07) is 26.2. The number of aryl methyl sites for hydroxylation is 2. The van der Waals surface area contributed by atoms with Crippen LogP contribution in [0.4, 0.5) is 17.1 Å². The van der Waals surface area contributed by atoms with Crippen molar-refractivity contribution in [2.75, 3.05) is 55.9 Å². The van der Waals surface area contributed by atoms with Gasteiger partial charge in [-0.1, -0.05) is 29.8 Å². The van der Waals surface area contributed by atoms with E-state index in [0.29, 0.717) is 34.3 Å². The molecule has 0 radical (unpaired) electrons. The first-order valence-electron chi connectivity index (χ1n) is 16.9. The minimum atomic E-state index is -4.01. The maximum Gasteiger partial charge on any atom is 0.258 e. The number of amides is 2. The van der Waals surface area contributed by atoms with Crippen molar-refractivity contribution in [2.45, 2.75) is 31.1 Å². The first-order valence-corrected chi connectivity index (χ1v) is 18.7. The average molecular weight is 742 g/mol. The van der Waals surface area contributed by atoms with E-state index >= 15 is 0 Å². The number of methoxy groups -OCH3 is 2. The molecule has 5 aromatic rings. The van der Waals surface area contributed by atoms with E-state index in [-0.39, 0.29) is 36.9 Å². The lowest BCUT2D eigenvalue weighted by Crippen LogP contribution is -2.37. The highest BCUT2D eigenvalue weighted by Gasteiger charge is 2.27. The van der Waals surface area contributed by atoms with E-state index < -0.39 is 15.9 Å². The Morgan fingerprint density at radius 2 is 1.71 bits per heavy atom. The summed E-state index contributed by atoms with van der Waals surface area (Å²) in [5.74, 6) is 0.258. The summed E-state index contributed by atoms with van der Waals surface area (Å²) in [5, 5.41) is 7.54. The van der Waals surface area contributed by atoms with Crippen LogP contribution in [0.15, 0.2) is 95.9 Å². The number of sulfonamides is 1. The number of anilines is 3. The van der Waals surface area contributed by atoms with Crippen molar-refractivity contribution in [3.8, 4) is 11.5 Å². The molecular formula is C39H40ClN5O6S. The lowest BCUT2D eigenvalue weighted by molar-refractivity contribution is -0.116. The van der Waals surface area contributed by atoms with Crippen molar-refractivity contribution < 1.29 is 27.5 Å². The van der Waals surface area contributed by atoms with Crippen LogP contribution in [-0.4, -0.2) is 69.9 Å².